The highest BCUT2D eigenvalue weighted by Crippen LogP contribution is 2.31. The number of ketones is 1. The number of halogens is 3. The predicted molar refractivity (Wildman–Crippen MR) is 98.1 cm³/mol. The summed E-state index contributed by atoms with van der Waals surface area (Å²) in [6, 6.07) is 3.66. The Bertz CT molecular complexity index is 987. The Labute approximate surface area is 164 Å². The summed E-state index contributed by atoms with van der Waals surface area (Å²) in [5.41, 5.74) is 0.819. The number of carbonyl (C=O) groups is 3. The van der Waals surface area contributed by atoms with Crippen LogP contribution in [0.25, 0.3) is 0 Å². The molecule has 1 aromatic heterocycles. The molecule has 28 heavy (non-hydrogen) atoms. The minimum absolute atomic E-state index is 0.0131. The third kappa shape index (κ3) is 3.52. The van der Waals surface area contributed by atoms with Gasteiger partial charge in [0.25, 0.3) is 11.7 Å². The zero-order valence-electron chi connectivity index (χ0n) is 15.1. The molecule has 1 aliphatic rings. The number of nitrogens with zero attached hydrogens (tertiary/aromatic N) is 1. The normalized spacial score (nSPS) is 15.2. The Hall–Kier alpha value is -2.74. The number of hydrogen-bond donors (Lipinski definition) is 1. The van der Waals surface area contributed by atoms with Crippen LogP contribution >= 0.6 is 11.6 Å². The van der Waals surface area contributed by atoms with Crippen LogP contribution in [0.2, 0.25) is 5.02 Å². The Kier molecular flexibility index (Phi) is 5.51. The number of Topliss-reactive ketones (excluding diaryl/α,β-unsaturated/α-hetero) is 1. The number of esters is 1. The van der Waals surface area contributed by atoms with Gasteiger partial charge in [-0.2, -0.15) is 0 Å². The van der Waals surface area contributed by atoms with Crippen LogP contribution in [0.4, 0.5) is 14.5 Å². The van der Waals surface area contributed by atoms with Crippen molar-refractivity contribution in [2.45, 2.75) is 33.0 Å². The van der Waals surface area contributed by atoms with Crippen molar-refractivity contribution in [2.24, 2.45) is 0 Å². The summed E-state index contributed by atoms with van der Waals surface area (Å²) in [7, 11) is 0. The minimum atomic E-state index is -1.28. The maximum absolute atomic E-state index is 14.0. The summed E-state index contributed by atoms with van der Waals surface area (Å²) < 4.78 is 33.5. The summed E-state index contributed by atoms with van der Waals surface area (Å²) in [5.74, 6) is -3.24. The molecule has 148 valence electrons. The molecule has 0 bridgehead atoms. The number of amides is 1. The molecule has 3 rings (SSSR count). The average molecular weight is 411 g/mol. The SMILES string of the molecule is CCOC(=O)C(=O)c1c(C)c(C(=O)Nc2ccc(F)c(Cl)c2)n2c1CC(F)C2. The summed E-state index contributed by atoms with van der Waals surface area (Å²) in [6.07, 6.45) is -1.37. The van der Waals surface area contributed by atoms with E-state index in [0.29, 0.717) is 0 Å². The molecular formula is C19H17ClF2N2O4. The lowest BCUT2D eigenvalue weighted by molar-refractivity contribution is -0.137. The monoisotopic (exact) mass is 410 g/mol. The summed E-state index contributed by atoms with van der Waals surface area (Å²) >= 11 is 5.72. The molecule has 1 amide bonds. The highest BCUT2D eigenvalue weighted by molar-refractivity contribution is 6.41. The second-order valence-electron chi connectivity index (χ2n) is 6.34. The zero-order valence-corrected chi connectivity index (χ0v) is 15.9. The fraction of sp³-hybridized carbons (Fsp3) is 0.316. The number of alkyl halides is 1. The first-order chi connectivity index (χ1) is 13.2. The third-order valence-corrected chi connectivity index (χ3v) is 4.78. The number of hydrogen-bond acceptors (Lipinski definition) is 4. The molecule has 2 aromatic rings. The molecule has 1 N–H and O–H groups in total. The molecule has 1 aliphatic heterocycles. The van der Waals surface area contributed by atoms with Gasteiger partial charge in [-0.3, -0.25) is 9.59 Å². The Morgan fingerprint density at radius 1 is 1.36 bits per heavy atom. The van der Waals surface area contributed by atoms with E-state index in [1.165, 1.54) is 23.6 Å². The standard InChI is InChI=1S/C19H17ClF2N2O4/c1-3-28-19(27)17(25)15-9(2)16(24-8-10(21)6-14(15)24)18(26)23-11-4-5-13(22)12(20)7-11/h4-5,7,10H,3,6,8H2,1-2H3,(H,23,26). The molecule has 0 fully saturated rings. The second-order valence-corrected chi connectivity index (χ2v) is 6.75. The van der Waals surface area contributed by atoms with Gasteiger partial charge >= 0.3 is 5.97 Å². The van der Waals surface area contributed by atoms with Crippen LogP contribution in [-0.4, -0.2) is 35.0 Å². The number of carbonyl (C=O) groups excluding carboxylic acids is 3. The second kappa shape index (κ2) is 7.71. The van der Waals surface area contributed by atoms with Crippen molar-refractivity contribution < 1.29 is 27.9 Å². The molecule has 9 heteroatoms. The molecule has 0 saturated heterocycles. The number of anilines is 1. The quantitative estimate of drug-likeness (QED) is 0.465. The van der Waals surface area contributed by atoms with Gasteiger partial charge in [-0.15, -0.1) is 0 Å². The lowest BCUT2D eigenvalue weighted by atomic mass is 10.0. The Morgan fingerprint density at radius 3 is 2.71 bits per heavy atom. The molecule has 1 aromatic carbocycles. The highest BCUT2D eigenvalue weighted by atomic mass is 35.5. The smallest absolute Gasteiger partial charge is 0.379 e. The van der Waals surface area contributed by atoms with Crippen molar-refractivity contribution in [1.29, 1.82) is 0 Å². The minimum Gasteiger partial charge on any atom is -0.460 e. The summed E-state index contributed by atoms with van der Waals surface area (Å²) in [5, 5.41) is 2.39. The number of ether oxygens (including phenoxy) is 1. The topological polar surface area (TPSA) is 77.4 Å². The molecule has 0 radical (unpaired) electrons. The van der Waals surface area contributed by atoms with E-state index in [0.717, 1.165) is 6.07 Å². The molecule has 0 aliphatic carbocycles. The Balaban J connectivity index is 2.00. The predicted octanol–water partition coefficient (Wildman–Crippen LogP) is 3.48. The van der Waals surface area contributed by atoms with Crippen molar-refractivity contribution in [3.63, 3.8) is 0 Å². The van der Waals surface area contributed by atoms with Crippen LogP contribution in [-0.2, 0) is 22.5 Å². The maximum atomic E-state index is 14.0. The van der Waals surface area contributed by atoms with Gasteiger partial charge in [0.05, 0.1) is 23.7 Å². The van der Waals surface area contributed by atoms with Crippen LogP contribution in [0.15, 0.2) is 18.2 Å². The molecule has 0 saturated carbocycles. The van der Waals surface area contributed by atoms with E-state index in [2.05, 4.69) is 5.32 Å². The van der Waals surface area contributed by atoms with E-state index < -0.39 is 29.6 Å². The van der Waals surface area contributed by atoms with Crippen LogP contribution < -0.4 is 5.32 Å². The third-order valence-electron chi connectivity index (χ3n) is 4.49. The molecular weight excluding hydrogens is 394 g/mol. The number of fused-ring (bicyclic) bond motifs is 1. The van der Waals surface area contributed by atoms with Crippen molar-refractivity contribution in [2.75, 3.05) is 11.9 Å². The fourth-order valence-corrected chi connectivity index (χ4v) is 3.53. The van der Waals surface area contributed by atoms with E-state index in [-0.39, 0.29) is 52.8 Å². The first kappa shape index (κ1) is 20.0. The summed E-state index contributed by atoms with van der Waals surface area (Å²) in [6.45, 7) is 2.98. The van der Waals surface area contributed by atoms with Gasteiger partial charge in [-0.1, -0.05) is 11.6 Å². The van der Waals surface area contributed by atoms with Gasteiger partial charge in [0.15, 0.2) is 0 Å². The van der Waals surface area contributed by atoms with Crippen molar-refractivity contribution in [3.8, 4) is 0 Å². The van der Waals surface area contributed by atoms with E-state index in [1.807, 2.05) is 0 Å². The van der Waals surface area contributed by atoms with Crippen LogP contribution in [0.5, 0.6) is 0 Å². The molecule has 2 heterocycles. The van der Waals surface area contributed by atoms with Gasteiger partial charge in [-0.05, 0) is 37.6 Å². The number of aromatic nitrogens is 1. The number of nitrogens with one attached hydrogen (secondary N) is 1. The fourth-order valence-electron chi connectivity index (χ4n) is 3.35. The average Bonchev–Trinajstić information content (AvgIpc) is 3.11. The van der Waals surface area contributed by atoms with Crippen LogP contribution in [0.3, 0.4) is 0 Å². The zero-order chi connectivity index (χ0) is 20.6. The largest absolute Gasteiger partial charge is 0.460 e. The molecule has 0 spiro atoms. The molecule has 6 nitrogen and oxygen atoms in total. The molecule has 1 unspecified atom stereocenters. The van der Waals surface area contributed by atoms with Crippen LogP contribution in [0.1, 0.15) is 39.0 Å². The first-order valence-corrected chi connectivity index (χ1v) is 8.96. The Morgan fingerprint density at radius 2 is 2.07 bits per heavy atom. The lowest BCUT2D eigenvalue weighted by Gasteiger charge is -2.10. The van der Waals surface area contributed by atoms with Gasteiger partial charge in [0.1, 0.15) is 17.7 Å². The van der Waals surface area contributed by atoms with Gasteiger partial charge in [-0.25, -0.2) is 13.6 Å². The maximum Gasteiger partial charge on any atom is 0.379 e. The highest BCUT2D eigenvalue weighted by Gasteiger charge is 2.36. The van der Waals surface area contributed by atoms with E-state index in [1.54, 1.807) is 6.92 Å². The summed E-state index contributed by atoms with van der Waals surface area (Å²) in [4.78, 5) is 37.2. The van der Waals surface area contributed by atoms with Crippen LogP contribution in [0, 0.1) is 12.7 Å². The van der Waals surface area contributed by atoms with Crippen molar-refractivity contribution in [3.05, 3.63) is 51.6 Å². The van der Waals surface area contributed by atoms with Gasteiger partial charge in [0.2, 0.25) is 0 Å². The number of benzene rings is 1. The van der Waals surface area contributed by atoms with E-state index in [4.69, 9.17) is 16.3 Å². The van der Waals surface area contributed by atoms with Crippen molar-refractivity contribution >= 4 is 34.9 Å². The molecule has 1 atom stereocenters. The van der Waals surface area contributed by atoms with Gasteiger partial charge < -0.3 is 14.6 Å². The van der Waals surface area contributed by atoms with E-state index >= 15 is 0 Å². The lowest BCUT2D eigenvalue weighted by Crippen LogP contribution is -2.20. The van der Waals surface area contributed by atoms with E-state index in [9.17, 15) is 23.2 Å². The van der Waals surface area contributed by atoms with Crippen molar-refractivity contribution in [1.82, 2.24) is 4.57 Å². The van der Waals surface area contributed by atoms with Gasteiger partial charge in [0, 0.05) is 17.8 Å². The number of rotatable bonds is 5. The first-order valence-electron chi connectivity index (χ1n) is 8.58.